The molecule has 0 saturated carbocycles. The highest BCUT2D eigenvalue weighted by atomic mass is 32.2. The Balaban J connectivity index is 1.18. The van der Waals surface area contributed by atoms with E-state index in [4.69, 9.17) is 0 Å². The fraction of sp³-hybridized carbons (Fsp3) is 0.258. The van der Waals surface area contributed by atoms with E-state index < -0.39 is 22.9 Å². The number of rotatable bonds is 6. The molecule has 2 fully saturated rings. The molecule has 212 valence electrons. The van der Waals surface area contributed by atoms with Crippen molar-refractivity contribution in [2.24, 2.45) is 0 Å². The van der Waals surface area contributed by atoms with Crippen LogP contribution in [0.25, 0.3) is 6.08 Å². The van der Waals surface area contributed by atoms with Gasteiger partial charge < -0.3 is 4.90 Å². The number of carbonyl (C=O) groups is 3. The quantitative estimate of drug-likeness (QED) is 0.314. The summed E-state index contributed by atoms with van der Waals surface area (Å²) in [6, 6.07) is 21.8. The highest BCUT2D eigenvalue weighted by molar-refractivity contribution is 8.18. The maximum Gasteiger partial charge on any atom is 0.416 e. The monoisotopic (exact) mass is 579 g/mol. The molecule has 0 spiro atoms. The van der Waals surface area contributed by atoms with Gasteiger partial charge in [0.1, 0.15) is 0 Å². The molecule has 6 nitrogen and oxygen atoms in total. The molecule has 1 atom stereocenters. The average molecular weight is 580 g/mol. The van der Waals surface area contributed by atoms with Crippen LogP contribution < -0.4 is 0 Å². The summed E-state index contributed by atoms with van der Waals surface area (Å²) < 4.78 is 38.4. The van der Waals surface area contributed by atoms with Crippen molar-refractivity contribution in [2.45, 2.75) is 25.7 Å². The van der Waals surface area contributed by atoms with Gasteiger partial charge in [0.05, 0.1) is 17.0 Å². The first-order valence-electron chi connectivity index (χ1n) is 13.2. The normalized spacial score (nSPS) is 18.3. The van der Waals surface area contributed by atoms with Crippen molar-refractivity contribution >= 4 is 34.9 Å². The van der Waals surface area contributed by atoms with E-state index in [9.17, 15) is 27.6 Å². The van der Waals surface area contributed by atoms with Gasteiger partial charge >= 0.3 is 6.18 Å². The SMILES string of the molecule is C[C@@H](c1ccccc1)N1CCN(C(=O)c2ccc(/C=C3\SC(=O)N(Cc4ccc(C(F)(F)F)cc4)C3=O)cc2)CC1. The van der Waals surface area contributed by atoms with Gasteiger partial charge in [-0.15, -0.1) is 0 Å². The number of benzene rings is 3. The minimum Gasteiger partial charge on any atom is -0.336 e. The number of alkyl halides is 3. The number of hydrogen-bond donors (Lipinski definition) is 0. The molecule has 2 aliphatic rings. The van der Waals surface area contributed by atoms with Gasteiger partial charge in [-0.25, -0.2) is 0 Å². The first kappa shape index (κ1) is 28.6. The molecule has 3 aromatic carbocycles. The zero-order chi connectivity index (χ0) is 29.1. The molecule has 41 heavy (non-hydrogen) atoms. The van der Waals surface area contributed by atoms with E-state index in [-0.39, 0.29) is 23.4 Å². The number of halogens is 3. The van der Waals surface area contributed by atoms with Gasteiger partial charge in [0, 0.05) is 37.8 Å². The largest absolute Gasteiger partial charge is 0.416 e. The minimum absolute atomic E-state index is 0.0552. The summed E-state index contributed by atoms with van der Waals surface area (Å²) in [4.78, 5) is 43.9. The number of carbonyl (C=O) groups excluding carboxylic acids is 3. The molecule has 2 aliphatic heterocycles. The highest BCUT2D eigenvalue weighted by Gasteiger charge is 2.35. The zero-order valence-electron chi connectivity index (χ0n) is 22.3. The fourth-order valence-corrected chi connectivity index (χ4v) is 5.77. The van der Waals surface area contributed by atoms with E-state index in [2.05, 4.69) is 24.0 Å². The smallest absolute Gasteiger partial charge is 0.336 e. The lowest BCUT2D eigenvalue weighted by molar-refractivity contribution is -0.137. The molecule has 0 aliphatic carbocycles. The maximum atomic E-state index is 13.1. The average Bonchev–Trinajstić information content (AvgIpc) is 3.24. The van der Waals surface area contributed by atoms with Crippen molar-refractivity contribution in [2.75, 3.05) is 26.2 Å². The lowest BCUT2D eigenvalue weighted by atomic mass is 10.1. The summed E-state index contributed by atoms with van der Waals surface area (Å²) in [6.07, 6.45) is -2.88. The van der Waals surface area contributed by atoms with E-state index in [0.717, 1.165) is 41.9 Å². The third-order valence-electron chi connectivity index (χ3n) is 7.38. The van der Waals surface area contributed by atoms with Crippen LogP contribution in [0.1, 0.15) is 45.6 Å². The van der Waals surface area contributed by atoms with Crippen LogP contribution in [-0.4, -0.2) is 57.9 Å². The molecule has 2 saturated heterocycles. The Hall–Kier alpha value is -3.89. The number of nitrogens with zero attached hydrogens (tertiary/aromatic N) is 3. The third kappa shape index (κ3) is 6.55. The van der Waals surface area contributed by atoms with Gasteiger partial charge in [0.25, 0.3) is 17.1 Å². The van der Waals surface area contributed by atoms with Crippen LogP contribution in [0.4, 0.5) is 18.0 Å². The number of hydrogen-bond acceptors (Lipinski definition) is 5. The molecule has 0 unspecified atom stereocenters. The molecule has 2 heterocycles. The van der Waals surface area contributed by atoms with Gasteiger partial charge in [-0.05, 0) is 65.7 Å². The van der Waals surface area contributed by atoms with Crippen molar-refractivity contribution < 1.29 is 27.6 Å². The van der Waals surface area contributed by atoms with Gasteiger partial charge in [-0.1, -0.05) is 54.6 Å². The Kier molecular flexibility index (Phi) is 8.32. The Morgan fingerprint density at radius 3 is 2.15 bits per heavy atom. The van der Waals surface area contributed by atoms with Crippen molar-refractivity contribution in [3.63, 3.8) is 0 Å². The number of piperazine rings is 1. The topological polar surface area (TPSA) is 60.9 Å². The van der Waals surface area contributed by atoms with Crippen LogP contribution in [-0.2, 0) is 17.5 Å². The van der Waals surface area contributed by atoms with Crippen molar-refractivity contribution in [1.29, 1.82) is 0 Å². The summed E-state index contributed by atoms with van der Waals surface area (Å²) in [7, 11) is 0. The second-order valence-corrected chi connectivity index (χ2v) is 11.0. The van der Waals surface area contributed by atoms with E-state index in [0.29, 0.717) is 29.8 Å². The molecule has 10 heteroatoms. The summed E-state index contributed by atoms with van der Waals surface area (Å²) >= 11 is 0.776. The fourth-order valence-electron chi connectivity index (χ4n) is 4.93. The number of amides is 3. The molecule has 0 aromatic heterocycles. The summed E-state index contributed by atoms with van der Waals surface area (Å²) in [5.74, 6) is -0.567. The van der Waals surface area contributed by atoms with E-state index >= 15 is 0 Å². The van der Waals surface area contributed by atoms with Gasteiger partial charge in [0.15, 0.2) is 0 Å². The molecule has 3 amide bonds. The van der Waals surface area contributed by atoms with Crippen LogP contribution in [0, 0.1) is 0 Å². The van der Waals surface area contributed by atoms with Crippen molar-refractivity contribution in [3.8, 4) is 0 Å². The summed E-state index contributed by atoms with van der Waals surface area (Å²) in [6.45, 7) is 4.87. The second kappa shape index (κ2) is 11.9. The Labute approximate surface area is 240 Å². The van der Waals surface area contributed by atoms with Gasteiger partial charge in [-0.2, -0.15) is 13.2 Å². The molecule has 0 radical (unpaired) electrons. The van der Waals surface area contributed by atoms with E-state index in [1.165, 1.54) is 17.7 Å². The Bertz CT molecular complexity index is 1450. The van der Waals surface area contributed by atoms with Crippen LogP contribution in [0.15, 0.2) is 83.8 Å². The first-order chi connectivity index (χ1) is 19.6. The van der Waals surface area contributed by atoms with Crippen LogP contribution in [0.3, 0.4) is 0 Å². The molecule has 0 bridgehead atoms. The van der Waals surface area contributed by atoms with Crippen molar-refractivity contribution in [1.82, 2.24) is 14.7 Å². The lowest BCUT2D eigenvalue weighted by Crippen LogP contribution is -2.49. The van der Waals surface area contributed by atoms with Gasteiger partial charge in [-0.3, -0.25) is 24.2 Å². The number of thioether (sulfide) groups is 1. The summed E-state index contributed by atoms with van der Waals surface area (Å²) in [5, 5.41) is -0.492. The first-order valence-corrected chi connectivity index (χ1v) is 14.0. The minimum atomic E-state index is -4.46. The predicted octanol–water partition coefficient (Wildman–Crippen LogP) is 6.46. The Morgan fingerprint density at radius 2 is 1.54 bits per heavy atom. The molecule has 0 N–H and O–H groups in total. The third-order valence-corrected chi connectivity index (χ3v) is 8.29. The van der Waals surface area contributed by atoms with Crippen LogP contribution in [0.5, 0.6) is 0 Å². The van der Waals surface area contributed by atoms with Crippen LogP contribution in [0.2, 0.25) is 0 Å². The van der Waals surface area contributed by atoms with Gasteiger partial charge in [0.2, 0.25) is 0 Å². The standard InChI is InChI=1S/C31H28F3N3O3S/c1-21(24-5-3-2-4-6-24)35-15-17-36(18-16-35)28(38)25-11-7-22(8-12-25)19-27-29(39)37(30(40)41-27)20-23-9-13-26(14-10-23)31(32,33)34/h2-14,19,21H,15-18,20H2,1H3/b27-19-/t21-/m0/s1. The van der Waals surface area contributed by atoms with E-state index in [1.54, 1.807) is 30.3 Å². The molecular weight excluding hydrogens is 551 g/mol. The molecule has 3 aromatic rings. The number of imide groups is 1. The second-order valence-electron chi connectivity index (χ2n) is 10.00. The van der Waals surface area contributed by atoms with E-state index in [1.807, 2.05) is 23.1 Å². The Morgan fingerprint density at radius 1 is 0.902 bits per heavy atom. The predicted molar refractivity (Wildman–Crippen MR) is 152 cm³/mol. The summed E-state index contributed by atoms with van der Waals surface area (Å²) in [5.41, 5.74) is 2.07. The van der Waals surface area contributed by atoms with Crippen molar-refractivity contribution in [3.05, 3.63) is 112 Å². The van der Waals surface area contributed by atoms with Crippen LogP contribution >= 0.6 is 11.8 Å². The highest BCUT2D eigenvalue weighted by Crippen LogP contribution is 2.34. The maximum absolute atomic E-state index is 13.1. The molecular formula is C31H28F3N3O3S. The lowest BCUT2D eigenvalue weighted by Gasteiger charge is -2.38. The zero-order valence-corrected chi connectivity index (χ0v) is 23.1. The molecule has 5 rings (SSSR count).